The molecule has 20 heavy (non-hydrogen) atoms. The van der Waals surface area contributed by atoms with Crippen molar-refractivity contribution >= 4 is 28.2 Å². The predicted octanol–water partition coefficient (Wildman–Crippen LogP) is 4.26. The van der Waals surface area contributed by atoms with Gasteiger partial charge in [0.1, 0.15) is 0 Å². The topological polar surface area (TPSA) is 34.1 Å². The van der Waals surface area contributed by atoms with Crippen LogP contribution in [0.3, 0.4) is 0 Å². The van der Waals surface area contributed by atoms with Gasteiger partial charge in [-0.05, 0) is 49.9 Å². The average molecular weight is 291 g/mol. The minimum atomic E-state index is 0.427. The zero-order chi connectivity index (χ0) is 13.9. The zero-order valence-electron chi connectivity index (χ0n) is 11.6. The fourth-order valence-corrected chi connectivity index (χ4v) is 3.14. The van der Waals surface area contributed by atoms with Crippen molar-refractivity contribution in [3.63, 3.8) is 0 Å². The van der Waals surface area contributed by atoms with E-state index in [0.29, 0.717) is 17.2 Å². The molecular formula is C16H19ClN2O. The number of fused-ring (bicyclic) bond motifs is 1. The number of pyridine rings is 1. The monoisotopic (exact) mass is 290 g/mol. The fourth-order valence-electron chi connectivity index (χ4n) is 2.93. The van der Waals surface area contributed by atoms with Crippen LogP contribution < -0.4 is 5.32 Å². The van der Waals surface area contributed by atoms with E-state index < -0.39 is 0 Å². The minimum absolute atomic E-state index is 0.427. The first-order chi connectivity index (χ1) is 9.78. The quantitative estimate of drug-likeness (QED) is 0.917. The predicted molar refractivity (Wildman–Crippen MR) is 83.4 cm³/mol. The number of halogens is 1. The molecule has 3 nitrogen and oxygen atoms in total. The molecule has 0 bridgehead atoms. The molecule has 0 atom stereocenters. The van der Waals surface area contributed by atoms with Crippen molar-refractivity contribution in [1.82, 2.24) is 4.98 Å². The van der Waals surface area contributed by atoms with Gasteiger partial charge in [0, 0.05) is 30.4 Å². The first-order valence-electron chi connectivity index (χ1n) is 7.10. The summed E-state index contributed by atoms with van der Waals surface area (Å²) in [6, 6.07) is 8.49. The molecule has 1 aliphatic rings. The standard InChI is InChI=1S/C16H19ClN2O/c1-20-12-6-4-11(5-7-12)19-15-9-8-14(17)16-13(15)3-2-10-18-16/h2-3,8-12,19H,4-7H2,1H3. The lowest BCUT2D eigenvalue weighted by Gasteiger charge is -2.29. The summed E-state index contributed by atoms with van der Waals surface area (Å²) in [5.74, 6) is 0. The Labute approximate surface area is 124 Å². The van der Waals surface area contributed by atoms with Crippen molar-refractivity contribution < 1.29 is 4.74 Å². The van der Waals surface area contributed by atoms with Crippen LogP contribution in [0.1, 0.15) is 25.7 Å². The van der Waals surface area contributed by atoms with Crippen molar-refractivity contribution in [2.45, 2.75) is 37.8 Å². The number of benzene rings is 1. The van der Waals surface area contributed by atoms with Crippen LogP contribution in [0.15, 0.2) is 30.5 Å². The van der Waals surface area contributed by atoms with Gasteiger partial charge in [0.2, 0.25) is 0 Å². The van der Waals surface area contributed by atoms with Crippen LogP contribution in [0.25, 0.3) is 10.9 Å². The Morgan fingerprint density at radius 3 is 2.75 bits per heavy atom. The highest BCUT2D eigenvalue weighted by Gasteiger charge is 2.21. The van der Waals surface area contributed by atoms with Crippen LogP contribution >= 0.6 is 11.6 Å². The van der Waals surface area contributed by atoms with E-state index in [0.717, 1.165) is 42.3 Å². The third kappa shape index (κ3) is 2.74. The smallest absolute Gasteiger partial charge is 0.0908 e. The summed E-state index contributed by atoms with van der Waals surface area (Å²) in [5.41, 5.74) is 1.99. The number of hydrogen-bond acceptors (Lipinski definition) is 3. The number of rotatable bonds is 3. The Hall–Kier alpha value is -1.32. The van der Waals surface area contributed by atoms with E-state index in [1.54, 1.807) is 13.3 Å². The Morgan fingerprint density at radius 2 is 2.00 bits per heavy atom. The second-order valence-electron chi connectivity index (χ2n) is 5.35. The highest BCUT2D eigenvalue weighted by molar-refractivity contribution is 6.35. The Balaban J connectivity index is 1.80. The number of methoxy groups -OCH3 is 1. The van der Waals surface area contributed by atoms with E-state index in [4.69, 9.17) is 16.3 Å². The molecule has 0 radical (unpaired) electrons. The molecule has 1 aromatic carbocycles. The van der Waals surface area contributed by atoms with E-state index in [-0.39, 0.29) is 0 Å². The number of anilines is 1. The molecule has 2 aromatic rings. The van der Waals surface area contributed by atoms with Crippen LogP contribution in [0.4, 0.5) is 5.69 Å². The van der Waals surface area contributed by atoms with Gasteiger partial charge < -0.3 is 10.1 Å². The number of hydrogen-bond donors (Lipinski definition) is 1. The van der Waals surface area contributed by atoms with Crippen LogP contribution in [-0.2, 0) is 4.74 Å². The maximum absolute atomic E-state index is 6.20. The lowest BCUT2D eigenvalue weighted by molar-refractivity contribution is 0.0682. The van der Waals surface area contributed by atoms with Gasteiger partial charge in [-0.1, -0.05) is 11.6 Å². The molecule has 106 valence electrons. The third-order valence-corrected chi connectivity index (χ3v) is 4.39. The van der Waals surface area contributed by atoms with E-state index in [1.807, 2.05) is 12.1 Å². The number of nitrogens with one attached hydrogen (secondary N) is 1. The summed E-state index contributed by atoms with van der Waals surface area (Å²) in [5, 5.41) is 5.44. The summed E-state index contributed by atoms with van der Waals surface area (Å²) in [4.78, 5) is 4.37. The second kappa shape index (κ2) is 5.98. The summed E-state index contributed by atoms with van der Waals surface area (Å²) < 4.78 is 5.42. The van der Waals surface area contributed by atoms with Gasteiger partial charge in [-0.15, -0.1) is 0 Å². The average Bonchev–Trinajstić information content (AvgIpc) is 2.51. The summed E-state index contributed by atoms with van der Waals surface area (Å²) in [6.45, 7) is 0. The minimum Gasteiger partial charge on any atom is -0.382 e. The SMILES string of the molecule is COC1CCC(Nc2ccc(Cl)c3ncccc23)CC1. The molecule has 1 aromatic heterocycles. The molecule has 1 heterocycles. The van der Waals surface area contributed by atoms with Crippen LogP contribution in [0, 0.1) is 0 Å². The first kappa shape index (κ1) is 13.7. The van der Waals surface area contributed by atoms with Crippen LogP contribution in [0.2, 0.25) is 5.02 Å². The van der Waals surface area contributed by atoms with E-state index in [9.17, 15) is 0 Å². The van der Waals surface area contributed by atoms with Crippen molar-refractivity contribution in [3.05, 3.63) is 35.5 Å². The molecular weight excluding hydrogens is 272 g/mol. The van der Waals surface area contributed by atoms with Gasteiger partial charge in [-0.2, -0.15) is 0 Å². The van der Waals surface area contributed by atoms with Crippen LogP contribution in [-0.4, -0.2) is 24.2 Å². The molecule has 1 N–H and O–H groups in total. The molecule has 0 spiro atoms. The molecule has 0 unspecified atom stereocenters. The van der Waals surface area contributed by atoms with E-state index in [1.165, 1.54) is 0 Å². The maximum Gasteiger partial charge on any atom is 0.0908 e. The number of nitrogens with zero attached hydrogens (tertiary/aromatic N) is 1. The molecule has 3 rings (SSSR count). The largest absolute Gasteiger partial charge is 0.382 e. The van der Waals surface area contributed by atoms with Crippen molar-refractivity contribution in [1.29, 1.82) is 0 Å². The molecule has 1 aliphatic carbocycles. The molecule has 0 aliphatic heterocycles. The van der Waals surface area contributed by atoms with Crippen molar-refractivity contribution in [2.75, 3.05) is 12.4 Å². The molecule has 0 saturated heterocycles. The van der Waals surface area contributed by atoms with Crippen molar-refractivity contribution in [2.24, 2.45) is 0 Å². The summed E-state index contributed by atoms with van der Waals surface area (Å²) in [6.07, 6.45) is 6.74. The van der Waals surface area contributed by atoms with Gasteiger partial charge in [-0.25, -0.2) is 0 Å². The fraction of sp³-hybridized carbons (Fsp3) is 0.438. The normalized spacial score (nSPS) is 22.9. The second-order valence-corrected chi connectivity index (χ2v) is 5.76. The highest BCUT2D eigenvalue weighted by atomic mass is 35.5. The molecule has 4 heteroatoms. The zero-order valence-corrected chi connectivity index (χ0v) is 12.4. The highest BCUT2D eigenvalue weighted by Crippen LogP contribution is 2.30. The van der Waals surface area contributed by atoms with Gasteiger partial charge in [0.15, 0.2) is 0 Å². The Morgan fingerprint density at radius 1 is 1.20 bits per heavy atom. The van der Waals surface area contributed by atoms with Gasteiger partial charge in [0.25, 0.3) is 0 Å². The lowest BCUT2D eigenvalue weighted by atomic mass is 9.92. The molecule has 1 fully saturated rings. The third-order valence-electron chi connectivity index (χ3n) is 4.09. The van der Waals surface area contributed by atoms with Gasteiger partial charge in [-0.3, -0.25) is 4.98 Å². The first-order valence-corrected chi connectivity index (χ1v) is 7.48. The number of ether oxygens (including phenoxy) is 1. The van der Waals surface area contributed by atoms with E-state index in [2.05, 4.69) is 22.4 Å². The van der Waals surface area contributed by atoms with E-state index >= 15 is 0 Å². The van der Waals surface area contributed by atoms with Crippen molar-refractivity contribution in [3.8, 4) is 0 Å². The Kier molecular flexibility index (Phi) is 4.08. The van der Waals surface area contributed by atoms with Gasteiger partial charge >= 0.3 is 0 Å². The summed E-state index contributed by atoms with van der Waals surface area (Å²) in [7, 11) is 1.80. The molecule has 0 amide bonds. The lowest BCUT2D eigenvalue weighted by Crippen LogP contribution is -2.29. The Bertz CT molecular complexity index is 594. The molecule has 1 saturated carbocycles. The van der Waals surface area contributed by atoms with Gasteiger partial charge in [0.05, 0.1) is 16.6 Å². The number of aromatic nitrogens is 1. The van der Waals surface area contributed by atoms with Crippen LogP contribution in [0.5, 0.6) is 0 Å². The summed E-state index contributed by atoms with van der Waals surface area (Å²) >= 11 is 6.20. The maximum atomic E-state index is 6.20.